The molecule has 1 fully saturated rings. The van der Waals surface area contributed by atoms with E-state index in [-0.39, 0.29) is 0 Å². The number of rotatable bonds is 8. The van der Waals surface area contributed by atoms with Crippen LogP contribution in [0.4, 0.5) is 11.4 Å². The van der Waals surface area contributed by atoms with Gasteiger partial charge in [0.05, 0.1) is 36.1 Å². The molecule has 0 aromatic heterocycles. The molecule has 0 radical (unpaired) electrons. The molecule has 0 amide bonds. The lowest BCUT2D eigenvalue weighted by Gasteiger charge is -2.29. The Morgan fingerprint density at radius 3 is 2.52 bits per heavy atom. The molecule has 4 rings (SSSR count). The van der Waals surface area contributed by atoms with Gasteiger partial charge in [-0.2, -0.15) is 0 Å². The predicted molar refractivity (Wildman–Crippen MR) is 135 cm³/mol. The van der Waals surface area contributed by atoms with E-state index in [0.717, 1.165) is 53.8 Å². The highest BCUT2D eigenvalue weighted by molar-refractivity contribution is 6.33. The van der Waals surface area contributed by atoms with Crippen molar-refractivity contribution in [2.75, 3.05) is 43.6 Å². The maximum absolute atomic E-state index is 6.55. The molecule has 1 saturated heterocycles. The summed E-state index contributed by atoms with van der Waals surface area (Å²) in [7, 11) is 1.62. The van der Waals surface area contributed by atoms with Crippen LogP contribution in [-0.2, 0) is 17.9 Å². The van der Waals surface area contributed by atoms with Gasteiger partial charge in [-0.1, -0.05) is 53.0 Å². The van der Waals surface area contributed by atoms with Gasteiger partial charge in [-0.15, -0.1) is 0 Å². The highest BCUT2D eigenvalue weighted by atomic mass is 35.5. The fourth-order valence-corrected chi connectivity index (χ4v) is 4.44. The van der Waals surface area contributed by atoms with Crippen LogP contribution in [0.25, 0.3) is 0 Å². The number of ether oxygens (including phenoxy) is 3. The van der Waals surface area contributed by atoms with Crippen LogP contribution in [0.3, 0.4) is 0 Å². The Labute approximate surface area is 205 Å². The second kappa shape index (κ2) is 11.0. The van der Waals surface area contributed by atoms with Gasteiger partial charge in [0.1, 0.15) is 6.61 Å². The van der Waals surface area contributed by atoms with Crippen molar-refractivity contribution in [2.24, 2.45) is 0 Å². The summed E-state index contributed by atoms with van der Waals surface area (Å²) < 4.78 is 17.0. The quantitative estimate of drug-likeness (QED) is 0.402. The lowest BCUT2D eigenvalue weighted by Crippen LogP contribution is -2.36. The van der Waals surface area contributed by atoms with Crippen molar-refractivity contribution in [3.05, 3.63) is 81.3 Å². The number of nitrogens with zero attached hydrogens (tertiary/aromatic N) is 1. The SMILES string of the molecule is COc1cc(CNc2ccc(N3CCOCC3)c(Cl)c2)cc(Cl)c1OCc1cccc(C)c1. The molecule has 174 valence electrons. The summed E-state index contributed by atoms with van der Waals surface area (Å²) in [6, 6.07) is 18.1. The molecule has 0 unspecified atom stereocenters. The van der Waals surface area contributed by atoms with Crippen LogP contribution in [-0.4, -0.2) is 33.4 Å². The van der Waals surface area contributed by atoms with Crippen molar-refractivity contribution in [1.29, 1.82) is 0 Å². The highest BCUT2D eigenvalue weighted by Crippen LogP contribution is 2.37. The first-order valence-corrected chi connectivity index (χ1v) is 11.7. The molecule has 0 atom stereocenters. The molecule has 1 aliphatic rings. The first-order chi connectivity index (χ1) is 16.0. The Kier molecular flexibility index (Phi) is 7.86. The van der Waals surface area contributed by atoms with E-state index in [4.69, 9.17) is 37.4 Å². The molecule has 33 heavy (non-hydrogen) atoms. The van der Waals surface area contributed by atoms with Crippen LogP contribution in [0.2, 0.25) is 10.0 Å². The largest absolute Gasteiger partial charge is 0.493 e. The summed E-state index contributed by atoms with van der Waals surface area (Å²) in [5.41, 5.74) is 5.22. The Morgan fingerprint density at radius 1 is 0.970 bits per heavy atom. The zero-order valence-corrected chi connectivity index (χ0v) is 20.4. The molecule has 1 N–H and O–H groups in total. The van der Waals surface area contributed by atoms with E-state index in [9.17, 15) is 0 Å². The van der Waals surface area contributed by atoms with E-state index < -0.39 is 0 Å². The monoisotopic (exact) mass is 486 g/mol. The lowest BCUT2D eigenvalue weighted by molar-refractivity contribution is 0.122. The standard InChI is InChI=1S/C26H28Cl2N2O3/c1-18-4-3-5-19(12-18)17-33-26-23(28)13-20(14-25(26)31-2)16-29-21-6-7-24(22(27)15-21)30-8-10-32-11-9-30/h3-7,12-15,29H,8-11,16-17H2,1-2H3. The summed E-state index contributed by atoms with van der Waals surface area (Å²) >= 11 is 13.1. The predicted octanol–water partition coefficient (Wildman–Crippen LogP) is 6.34. The Bertz CT molecular complexity index is 1100. The molecule has 0 aliphatic carbocycles. The molecule has 5 nitrogen and oxygen atoms in total. The number of nitrogens with one attached hydrogen (secondary N) is 1. The van der Waals surface area contributed by atoms with Gasteiger partial charge in [0.25, 0.3) is 0 Å². The highest BCUT2D eigenvalue weighted by Gasteiger charge is 2.15. The Hall–Kier alpha value is -2.60. The minimum Gasteiger partial charge on any atom is -0.493 e. The second-order valence-corrected chi connectivity index (χ2v) is 8.82. The zero-order chi connectivity index (χ0) is 23.2. The maximum Gasteiger partial charge on any atom is 0.180 e. The molecule has 0 bridgehead atoms. The fraction of sp³-hybridized carbons (Fsp3) is 0.308. The van der Waals surface area contributed by atoms with Crippen molar-refractivity contribution >= 4 is 34.6 Å². The van der Waals surface area contributed by atoms with Crippen molar-refractivity contribution in [2.45, 2.75) is 20.1 Å². The number of hydrogen-bond donors (Lipinski definition) is 1. The van der Waals surface area contributed by atoms with Crippen LogP contribution in [0.5, 0.6) is 11.5 Å². The third kappa shape index (κ3) is 6.05. The molecule has 3 aromatic rings. The van der Waals surface area contributed by atoms with Crippen molar-refractivity contribution in [1.82, 2.24) is 0 Å². The summed E-state index contributed by atoms with van der Waals surface area (Å²) in [4.78, 5) is 2.25. The number of morpholine rings is 1. The minimum atomic E-state index is 0.420. The zero-order valence-electron chi connectivity index (χ0n) is 18.9. The van der Waals surface area contributed by atoms with E-state index in [1.807, 2.05) is 42.5 Å². The average molecular weight is 487 g/mol. The topological polar surface area (TPSA) is 43.0 Å². The second-order valence-electron chi connectivity index (χ2n) is 8.01. The van der Waals surface area contributed by atoms with Crippen LogP contribution in [0, 0.1) is 6.92 Å². The van der Waals surface area contributed by atoms with Gasteiger partial charge in [-0.3, -0.25) is 0 Å². The molecular formula is C26H28Cl2N2O3. The van der Waals surface area contributed by atoms with Crippen LogP contribution in [0.1, 0.15) is 16.7 Å². The van der Waals surface area contributed by atoms with Crippen LogP contribution >= 0.6 is 23.2 Å². The van der Waals surface area contributed by atoms with Gasteiger partial charge >= 0.3 is 0 Å². The number of methoxy groups -OCH3 is 1. The number of anilines is 2. The summed E-state index contributed by atoms with van der Waals surface area (Å²) in [6.45, 7) is 6.20. The lowest BCUT2D eigenvalue weighted by atomic mass is 10.1. The van der Waals surface area contributed by atoms with Gasteiger partial charge < -0.3 is 24.4 Å². The van der Waals surface area contributed by atoms with Crippen molar-refractivity contribution in [3.63, 3.8) is 0 Å². The fourth-order valence-electron chi connectivity index (χ4n) is 3.85. The van der Waals surface area contributed by atoms with Crippen molar-refractivity contribution in [3.8, 4) is 11.5 Å². The molecule has 7 heteroatoms. The maximum atomic E-state index is 6.55. The first kappa shape index (κ1) is 23.6. The van der Waals surface area contributed by atoms with Gasteiger partial charge in [0.2, 0.25) is 0 Å². The molecule has 3 aromatic carbocycles. The smallest absolute Gasteiger partial charge is 0.180 e. The molecule has 1 aliphatic heterocycles. The van der Waals surface area contributed by atoms with E-state index in [2.05, 4.69) is 29.3 Å². The van der Waals surface area contributed by atoms with Crippen LogP contribution < -0.4 is 19.7 Å². The minimum absolute atomic E-state index is 0.420. The third-order valence-corrected chi connectivity index (χ3v) is 6.13. The van der Waals surface area contributed by atoms with Gasteiger partial charge in [0, 0.05) is 25.3 Å². The number of aryl methyl sites for hydroxylation is 1. The Morgan fingerprint density at radius 2 is 1.79 bits per heavy atom. The van der Waals surface area contributed by atoms with Gasteiger partial charge in [-0.05, 0) is 48.4 Å². The average Bonchev–Trinajstić information content (AvgIpc) is 2.82. The number of hydrogen-bond acceptors (Lipinski definition) is 5. The number of benzene rings is 3. The normalized spacial score (nSPS) is 13.6. The van der Waals surface area contributed by atoms with E-state index in [1.165, 1.54) is 5.56 Å². The van der Waals surface area contributed by atoms with Crippen LogP contribution in [0.15, 0.2) is 54.6 Å². The molecular weight excluding hydrogens is 459 g/mol. The van der Waals surface area contributed by atoms with Gasteiger partial charge in [0.15, 0.2) is 11.5 Å². The summed E-state index contributed by atoms with van der Waals surface area (Å²) in [5, 5.41) is 4.64. The molecule has 0 saturated carbocycles. The third-order valence-electron chi connectivity index (χ3n) is 5.55. The Balaban J connectivity index is 1.42. The summed E-state index contributed by atoms with van der Waals surface area (Å²) in [6.07, 6.45) is 0. The van der Waals surface area contributed by atoms with Gasteiger partial charge in [-0.25, -0.2) is 0 Å². The molecule has 0 spiro atoms. The van der Waals surface area contributed by atoms with E-state index in [1.54, 1.807) is 7.11 Å². The molecule has 1 heterocycles. The van der Waals surface area contributed by atoms with E-state index >= 15 is 0 Å². The number of halogens is 2. The summed E-state index contributed by atoms with van der Waals surface area (Å²) in [5.74, 6) is 1.15. The first-order valence-electron chi connectivity index (χ1n) is 10.9. The van der Waals surface area contributed by atoms with Crippen molar-refractivity contribution < 1.29 is 14.2 Å². The van der Waals surface area contributed by atoms with E-state index in [0.29, 0.717) is 29.7 Å².